The lowest BCUT2D eigenvalue weighted by atomic mass is 10.1. The van der Waals surface area contributed by atoms with E-state index < -0.39 is 11.9 Å². The number of ketones is 1. The number of benzene rings is 2. The van der Waals surface area contributed by atoms with Crippen LogP contribution >= 0.6 is 0 Å². The molecule has 0 bridgehead atoms. The Labute approximate surface area is 162 Å². The van der Waals surface area contributed by atoms with E-state index in [0.717, 1.165) is 0 Å². The van der Waals surface area contributed by atoms with E-state index in [9.17, 15) is 14.4 Å². The highest BCUT2D eigenvalue weighted by Gasteiger charge is 2.36. The maximum atomic E-state index is 12.3. The van der Waals surface area contributed by atoms with Gasteiger partial charge in [-0.05, 0) is 36.4 Å². The zero-order valence-corrected chi connectivity index (χ0v) is 15.7. The van der Waals surface area contributed by atoms with Crippen LogP contribution in [0.2, 0.25) is 0 Å². The summed E-state index contributed by atoms with van der Waals surface area (Å²) in [7, 11) is 3.07. The van der Waals surface area contributed by atoms with Crippen LogP contribution in [0, 0.1) is 5.92 Å². The van der Waals surface area contributed by atoms with E-state index in [4.69, 9.17) is 14.2 Å². The quantitative estimate of drug-likeness (QED) is 0.540. The molecular formula is C21H21NO6. The molecule has 7 heteroatoms. The molecule has 0 saturated carbocycles. The molecule has 0 radical (unpaired) electrons. The smallest absolute Gasteiger partial charge is 0.311 e. The Bertz CT molecular complexity index is 877. The fraction of sp³-hybridized carbons (Fsp3) is 0.286. The second-order valence-electron chi connectivity index (χ2n) is 6.37. The number of nitrogens with zero attached hydrogens (tertiary/aromatic N) is 1. The summed E-state index contributed by atoms with van der Waals surface area (Å²) < 4.78 is 15.3. The maximum Gasteiger partial charge on any atom is 0.311 e. The summed E-state index contributed by atoms with van der Waals surface area (Å²) in [5.74, 6) is -0.417. The fourth-order valence-electron chi connectivity index (χ4n) is 3.01. The standard InChI is InChI=1S/C21H21NO6/c1-26-17-8-6-16(7-9-17)22-12-15(11-20(22)24)21(25)28-13-19(23)14-4-3-5-18(10-14)27-2/h3-10,15H,11-13H2,1-2H3/t15-/m1/s1. The summed E-state index contributed by atoms with van der Waals surface area (Å²) in [5.41, 5.74) is 1.09. The second kappa shape index (κ2) is 8.56. The number of carbonyl (C=O) groups excluding carboxylic acids is 3. The Balaban J connectivity index is 1.57. The third-order valence-electron chi connectivity index (χ3n) is 4.58. The highest BCUT2D eigenvalue weighted by Crippen LogP contribution is 2.27. The minimum Gasteiger partial charge on any atom is -0.497 e. The minimum absolute atomic E-state index is 0.0538. The van der Waals surface area contributed by atoms with Crippen molar-refractivity contribution in [2.75, 3.05) is 32.3 Å². The first-order chi connectivity index (χ1) is 13.5. The molecule has 1 amide bonds. The molecule has 28 heavy (non-hydrogen) atoms. The zero-order valence-electron chi connectivity index (χ0n) is 15.7. The molecule has 0 N–H and O–H groups in total. The maximum absolute atomic E-state index is 12.3. The molecule has 0 spiro atoms. The van der Waals surface area contributed by atoms with E-state index in [2.05, 4.69) is 0 Å². The summed E-state index contributed by atoms with van der Waals surface area (Å²) in [6, 6.07) is 13.6. The molecule has 2 aromatic rings. The van der Waals surface area contributed by atoms with Gasteiger partial charge in [-0.25, -0.2) is 0 Å². The van der Waals surface area contributed by atoms with Gasteiger partial charge in [-0.3, -0.25) is 14.4 Å². The molecular weight excluding hydrogens is 362 g/mol. The van der Waals surface area contributed by atoms with E-state index in [-0.39, 0.29) is 31.3 Å². The average Bonchev–Trinajstić information content (AvgIpc) is 3.13. The number of carbonyl (C=O) groups is 3. The summed E-state index contributed by atoms with van der Waals surface area (Å²) >= 11 is 0. The van der Waals surface area contributed by atoms with Gasteiger partial charge in [-0.1, -0.05) is 12.1 Å². The van der Waals surface area contributed by atoms with Crippen molar-refractivity contribution in [3.63, 3.8) is 0 Å². The van der Waals surface area contributed by atoms with Crippen LogP contribution in [-0.2, 0) is 14.3 Å². The van der Waals surface area contributed by atoms with Gasteiger partial charge in [0, 0.05) is 24.2 Å². The Morgan fingerprint density at radius 3 is 2.43 bits per heavy atom. The predicted octanol–water partition coefficient (Wildman–Crippen LogP) is 2.48. The summed E-state index contributed by atoms with van der Waals surface area (Å²) in [6.45, 7) is -0.156. The van der Waals surface area contributed by atoms with E-state index >= 15 is 0 Å². The molecule has 7 nitrogen and oxygen atoms in total. The van der Waals surface area contributed by atoms with Crippen molar-refractivity contribution in [1.29, 1.82) is 0 Å². The molecule has 3 rings (SSSR count). The van der Waals surface area contributed by atoms with Crippen LogP contribution in [0.5, 0.6) is 11.5 Å². The normalized spacial score (nSPS) is 16.0. The predicted molar refractivity (Wildman–Crippen MR) is 102 cm³/mol. The third kappa shape index (κ3) is 4.31. The monoisotopic (exact) mass is 383 g/mol. The molecule has 2 aromatic carbocycles. The first kappa shape index (κ1) is 19.4. The number of amides is 1. The summed E-state index contributed by atoms with van der Waals surface area (Å²) in [4.78, 5) is 38.4. The molecule has 1 aliphatic heterocycles. The summed E-state index contributed by atoms with van der Waals surface area (Å²) in [5, 5.41) is 0. The van der Waals surface area contributed by atoms with Crippen LogP contribution in [0.15, 0.2) is 48.5 Å². The van der Waals surface area contributed by atoms with Gasteiger partial charge in [-0.2, -0.15) is 0 Å². The summed E-state index contributed by atoms with van der Waals surface area (Å²) in [6.07, 6.45) is 0.0538. The van der Waals surface area contributed by atoms with Gasteiger partial charge in [-0.15, -0.1) is 0 Å². The Morgan fingerprint density at radius 1 is 1.04 bits per heavy atom. The van der Waals surface area contributed by atoms with Gasteiger partial charge in [0.05, 0.1) is 20.1 Å². The number of ether oxygens (including phenoxy) is 3. The van der Waals surface area contributed by atoms with Gasteiger partial charge < -0.3 is 19.1 Å². The lowest BCUT2D eigenvalue weighted by molar-refractivity contribution is -0.147. The SMILES string of the molecule is COc1ccc(N2C[C@H](C(=O)OCC(=O)c3cccc(OC)c3)CC2=O)cc1. The molecule has 1 heterocycles. The Kier molecular flexibility index (Phi) is 5.93. The number of methoxy groups -OCH3 is 2. The minimum atomic E-state index is -0.604. The van der Waals surface area contributed by atoms with Crippen LogP contribution < -0.4 is 14.4 Å². The van der Waals surface area contributed by atoms with Crippen molar-refractivity contribution in [2.24, 2.45) is 5.92 Å². The molecule has 1 atom stereocenters. The number of hydrogen-bond donors (Lipinski definition) is 0. The van der Waals surface area contributed by atoms with Gasteiger partial charge in [0.2, 0.25) is 5.91 Å². The number of anilines is 1. The van der Waals surface area contributed by atoms with E-state index in [0.29, 0.717) is 22.7 Å². The van der Waals surface area contributed by atoms with Crippen molar-refractivity contribution in [3.8, 4) is 11.5 Å². The molecule has 0 unspecified atom stereocenters. The molecule has 1 saturated heterocycles. The van der Waals surface area contributed by atoms with Crippen LogP contribution in [0.1, 0.15) is 16.8 Å². The number of hydrogen-bond acceptors (Lipinski definition) is 6. The molecule has 0 aromatic heterocycles. The molecule has 1 fully saturated rings. The van der Waals surface area contributed by atoms with Gasteiger partial charge in [0.15, 0.2) is 12.4 Å². The Morgan fingerprint density at radius 2 is 1.75 bits per heavy atom. The fourth-order valence-corrected chi connectivity index (χ4v) is 3.01. The van der Waals surface area contributed by atoms with Gasteiger partial charge >= 0.3 is 5.97 Å². The lowest BCUT2D eigenvalue weighted by Gasteiger charge is -2.16. The van der Waals surface area contributed by atoms with E-state index in [1.165, 1.54) is 12.0 Å². The van der Waals surface area contributed by atoms with Crippen LogP contribution in [0.4, 0.5) is 5.69 Å². The van der Waals surface area contributed by atoms with Gasteiger partial charge in [0.1, 0.15) is 11.5 Å². The highest BCUT2D eigenvalue weighted by molar-refractivity contribution is 6.01. The highest BCUT2D eigenvalue weighted by atomic mass is 16.5. The molecule has 146 valence electrons. The van der Waals surface area contributed by atoms with Crippen molar-refractivity contribution < 1.29 is 28.6 Å². The van der Waals surface area contributed by atoms with Gasteiger partial charge in [0.25, 0.3) is 0 Å². The van der Waals surface area contributed by atoms with Crippen molar-refractivity contribution >= 4 is 23.3 Å². The van der Waals surface area contributed by atoms with Crippen LogP contribution in [-0.4, -0.2) is 45.0 Å². The number of rotatable bonds is 7. The zero-order chi connectivity index (χ0) is 20.1. The first-order valence-electron chi connectivity index (χ1n) is 8.80. The van der Waals surface area contributed by atoms with Crippen LogP contribution in [0.25, 0.3) is 0 Å². The van der Waals surface area contributed by atoms with Crippen molar-refractivity contribution in [1.82, 2.24) is 0 Å². The third-order valence-corrected chi connectivity index (χ3v) is 4.58. The average molecular weight is 383 g/mol. The first-order valence-corrected chi connectivity index (χ1v) is 8.80. The molecule has 0 aliphatic carbocycles. The number of esters is 1. The largest absolute Gasteiger partial charge is 0.497 e. The second-order valence-corrected chi connectivity index (χ2v) is 6.37. The topological polar surface area (TPSA) is 82.1 Å². The molecule has 1 aliphatic rings. The lowest BCUT2D eigenvalue weighted by Crippen LogP contribution is -2.27. The van der Waals surface area contributed by atoms with E-state index in [1.807, 2.05) is 0 Å². The van der Waals surface area contributed by atoms with Crippen molar-refractivity contribution in [3.05, 3.63) is 54.1 Å². The number of Topliss-reactive ketones (excluding diaryl/α,β-unsaturated/α-hetero) is 1. The van der Waals surface area contributed by atoms with Crippen LogP contribution in [0.3, 0.4) is 0 Å². The Hall–Kier alpha value is -3.35. The van der Waals surface area contributed by atoms with Crippen molar-refractivity contribution in [2.45, 2.75) is 6.42 Å². The van der Waals surface area contributed by atoms with E-state index in [1.54, 1.807) is 55.6 Å².